The molecule has 0 aromatic carbocycles. The molecule has 26 heavy (non-hydrogen) atoms. The minimum Gasteiger partial charge on any atom is -0.322 e. The molecule has 8 nitrogen and oxygen atoms in total. The first-order chi connectivity index (χ1) is 12.2. The van der Waals surface area contributed by atoms with E-state index in [1.807, 2.05) is 13.8 Å². The standard InChI is InChI=1S/C17H29N5O3S/c1-13-17(14(2)22(19-13)15-5-10-26(24,25)12-15)18-16(23)11-21-7-4-6-20(3)8-9-21/h15H,4-12H2,1-3H3,(H,18,23). The number of hydrogen-bond acceptors (Lipinski definition) is 6. The summed E-state index contributed by atoms with van der Waals surface area (Å²) in [6, 6.07) is -0.134. The van der Waals surface area contributed by atoms with E-state index in [1.165, 1.54) is 0 Å². The van der Waals surface area contributed by atoms with Gasteiger partial charge < -0.3 is 10.2 Å². The molecular weight excluding hydrogens is 354 g/mol. The zero-order valence-electron chi connectivity index (χ0n) is 15.9. The van der Waals surface area contributed by atoms with E-state index in [9.17, 15) is 13.2 Å². The molecule has 1 N–H and O–H groups in total. The van der Waals surface area contributed by atoms with Gasteiger partial charge in [0.05, 0.1) is 41.2 Å². The van der Waals surface area contributed by atoms with Crippen LogP contribution in [0.4, 0.5) is 5.69 Å². The van der Waals surface area contributed by atoms with Gasteiger partial charge in [0.15, 0.2) is 9.84 Å². The van der Waals surface area contributed by atoms with Crippen molar-refractivity contribution < 1.29 is 13.2 Å². The summed E-state index contributed by atoms with van der Waals surface area (Å²) in [5.41, 5.74) is 2.27. The number of anilines is 1. The molecule has 1 atom stereocenters. The summed E-state index contributed by atoms with van der Waals surface area (Å²) in [5, 5.41) is 7.49. The van der Waals surface area contributed by atoms with Gasteiger partial charge in [-0.15, -0.1) is 0 Å². The number of carbonyl (C=O) groups excluding carboxylic acids is 1. The first-order valence-electron chi connectivity index (χ1n) is 9.22. The maximum Gasteiger partial charge on any atom is 0.238 e. The van der Waals surface area contributed by atoms with Gasteiger partial charge in [0.25, 0.3) is 0 Å². The fourth-order valence-electron chi connectivity index (χ4n) is 3.81. The van der Waals surface area contributed by atoms with Crippen LogP contribution in [0.25, 0.3) is 0 Å². The minimum absolute atomic E-state index is 0.0423. The molecule has 1 aromatic heterocycles. The van der Waals surface area contributed by atoms with Crippen molar-refractivity contribution in [2.75, 3.05) is 56.6 Å². The minimum atomic E-state index is -2.97. The molecule has 0 spiro atoms. The first-order valence-corrected chi connectivity index (χ1v) is 11.0. The van der Waals surface area contributed by atoms with E-state index < -0.39 is 9.84 Å². The molecular formula is C17H29N5O3S. The van der Waals surface area contributed by atoms with Crippen molar-refractivity contribution in [3.05, 3.63) is 11.4 Å². The predicted molar refractivity (Wildman–Crippen MR) is 101 cm³/mol. The van der Waals surface area contributed by atoms with Gasteiger partial charge in [-0.25, -0.2) is 8.42 Å². The molecule has 0 bridgehead atoms. The van der Waals surface area contributed by atoms with Crippen molar-refractivity contribution in [2.24, 2.45) is 0 Å². The van der Waals surface area contributed by atoms with Crippen molar-refractivity contribution in [3.8, 4) is 0 Å². The number of rotatable bonds is 4. The van der Waals surface area contributed by atoms with Crippen molar-refractivity contribution in [1.29, 1.82) is 0 Å². The Hall–Kier alpha value is -1.45. The molecule has 2 aliphatic heterocycles. The number of nitrogens with zero attached hydrogens (tertiary/aromatic N) is 4. The number of aromatic nitrogens is 2. The van der Waals surface area contributed by atoms with Gasteiger partial charge in [-0.05, 0) is 46.8 Å². The van der Waals surface area contributed by atoms with Gasteiger partial charge in [0.2, 0.25) is 5.91 Å². The van der Waals surface area contributed by atoms with Crippen LogP contribution in [0.2, 0.25) is 0 Å². The highest BCUT2D eigenvalue weighted by atomic mass is 32.2. The quantitative estimate of drug-likeness (QED) is 0.812. The average molecular weight is 384 g/mol. The van der Waals surface area contributed by atoms with Crippen molar-refractivity contribution in [1.82, 2.24) is 19.6 Å². The van der Waals surface area contributed by atoms with Crippen LogP contribution in [0, 0.1) is 13.8 Å². The Morgan fingerprint density at radius 2 is 2.00 bits per heavy atom. The van der Waals surface area contributed by atoms with Gasteiger partial charge in [-0.1, -0.05) is 0 Å². The van der Waals surface area contributed by atoms with E-state index >= 15 is 0 Å². The van der Waals surface area contributed by atoms with E-state index in [0.29, 0.717) is 18.7 Å². The number of hydrogen-bond donors (Lipinski definition) is 1. The second-order valence-electron chi connectivity index (χ2n) is 7.53. The molecule has 9 heteroatoms. The van der Waals surface area contributed by atoms with Gasteiger partial charge in [-0.2, -0.15) is 5.10 Å². The zero-order chi connectivity index (χ0) is 18.9. The molecule has 1 unspecified atom stereocenters. The topological polar surface area (TPSA) is 87.5 Å². The molecule has 146 valence electrons. The lowest BCUT2D eigenvalue weighted by Crippen LogP contribution is -2.36. The first kappa shape index (κ1) is 19.3. The third-order valence-corrected chi connectivity index (χ3v) is 7.07. The van der Waals surface area contributed by atoms with Crippen LogP contribution in [0.1, 0.15) is 30.3 Å². The normalized spacial score (nSPS) is 24.5. The number of carbonyl (C=O) groups is 1. The van der Waals surface area contributed by atoms with E-state index in [4.69, 9.17) is 0 Å². The highest BCUT2D eigenvalue weighted by Crippen LogP contribution is 2.29. The highest BCUT2D eigenvalue weighted by molar-refractivity contribution is 7.91. The molecule has 1 amide bonds. The van der Waals surface area contributed by atoms with Gasteiger partial charge in [-0.3, -0.25) is 14.4 Å². The molecule has 2 aliphatic rings. The molecule has 0 radical (unpaired) electrons. The van der Waals surface area contributed by atoms with E-state index in [0.717, 1.165) is 44.0 Å². The van der Waals surface area contributed by atoms with Crippen molar-refractivity contribution in [2.45, 2.75) is 32.7 Å². The summed E-state index contributed by atoms with van der Waals surface area (Å²) in [6.07, 6.45) is 1.65. The summed E-state index contributed by atoms with van der Waals surface area (Å²) in [5.74, 6) is 0.296. The lowest BCUT2D eigenvalue weighted by Gasteiger charge is -2.19. The summed E-state index contributed by atoms with van der Waals surface area (Å²) in [4.78, 5) is 17.0. The lowest BCUT2D eigenvalue weighted by molar-refractivity contribution is -0.117. The van der Waals surface area contributed by atoms with Crippen LogP contribution in [0.15, 0.2) is 0 Å². The second kappa shape index (κ2) is 7.66. The second-order valence-corrected chi connectivity index (χ2v) is 9.76. The van der Waals surface area contributed by atoms with Crippen LogP contribution in [0.3, 0.4) is 0 Å². The third-order valence-electron chi connectivity index (χ3n) is 5.32. The maximum absolute atomic E-state index is 12.5. The Morgan fingerprint density at radius 3 is 2.69 bits per heavy atom. The fourth-order valence-corrected chi connectivity index (χ4v) is 5.50. The van der Waals surface area contributed by atoms with Crippen molar-refractivity contribution >= 4 is 21.4 Å². The maximum atomic E-state index is 12.5. The fraction of sp³-hybridized carbons (Fsp3) is 0.765. The molecule has 1 aromatic rings. The zero-order valence-corrected chi connectivity index (χ0v) is 16.7. The summed E-state index contributed by atoms with van der Waals surface area (Å²) in [7, 11) is -0.868. The number of aryl methyl sites for hydroxylation is 1. The molecule has 3 heterocycles. The average Bonchev–Trinajstić information content (AvgIpc) is 2.96. The molecule has 2 saturated heterocycles. The molecule has 3 rings (SSSR count). The summed E-state index contributed by atoms with van der Waals surface area (Å²) in [6.45, 7) is 7.96. The van der Waals surface area contributed by atoms with Gasteiger partial charge in [0, 0.05) is 13.1 Å². The van der Waals surface area contributed by atoms with Crippen LogP contribution in [0.5, 0.6) is 0 Å². The van der Waals surface area contributed by atoms with Crippen LogP contribution >= 0.6 is 0 Å². The van der Waals surface area contributed by atoms with E-state index in [1.54, 1.807) is 4.68 Å². The highest BCUT2D eigenvalue weighted by Gasteiger charge is 2.31. The largest absolute Gasteiger partial charge is 0.322 e. The molecule has 2 fully saturated rings. The third kappa shape index (κ3) is 4.44. The Kier molecular flexibility index (Phi) is 5.69. The Labute approximate surface area is 155 Å². The molecule has 0 saturated carbocycles. The van der Waals surface area contributed by atoms with Gasteiger partial charge in [0.1, 0.15) is 0 Å². The summed E-state index contributed by atoms with van der Waals surface area (Å²) < 4.78 is 25.3. The van der Waals surface area contributed by atoms with E-state index in [2.05, 4.69) is 27.3 Å². The number of amides is 1. The van der Waals surface area contributed by atoms with Gasteiger partial charge >= 0.3 is 0 Å². The Morgan fingerprint density at radius 1 is 1.23 bits per heavy atom. The van der Waals surface area contributed by atoms with Crippen molar-refractivity contribution in [3.63, 3.8) is 0 Å². The number of likely N-dealkylation sites (N-methyl/N-ethyl adjacent to an activating group) is 1. The number of sulfone groups is 1. The van der Waals surface area contributed by atoms with Crippen LogP contribution in [-0.2, 0) is 14.6 Å². The van der Waals surface area contributed by atoms with E-state index in [-0.39, 0.29) is 23.5 Å². The Balaban J connectivity index is 1.65. The van der Waals surface area contributed by atoms with Crippen LogP contribution < -0.4 is 5.32 Å². The SMILES string of the molecule is Cc1nn(C2CCS(=O)(=O)C2)c(C)c1NC(=O)CN1CCCN(C)CC1. The smallest absolute Gasteiger partial charge is 0.238 e. The molecule has 0 aliphatic carbocycles. The summed E-state index contributed by atoms with van der Waals surface area (Å²) >= 11 is 0. The Bertz CT molecular complexity index is 774. The monoisotopic (exact) mass is 383 g/mol. The van der Waals surface area contributed by atoms with Crippen LogP contribution in [-0.4, -0.2) is 85.2 Å². The lowest BCUT2D eigenvalue weighted by atomic mass is 10.2. The number of nitrogens with one attached hydrogen (secondary N) is 1. The predicted octanol–water partition coefficient (Wildman–Crippen LogP) is 0.436.